The molecule has 0 aliphatic rings. The van der Waals surface area contributed by atoms with Crippen LogP contribution in [0.15, 0.2) is 71.1 Å². The third kappa shape index (κ3) is 6.19. The molecule has 2 heterocycles. The molecular formula is C24H19ClF3N3O2S2. The minimum absolute atomic E-state index is 0.0182. The molecule has 0 radical (unpaired) electrons. The van der Waals surface area contributed by atoms with Crippen LogP contribution in [-0.2, 0) is 17.5 Å². The Bertz CT molecular complexity index is 1350. The topological polar surface area (TPSA) is 63.1 Å². The molecule has 5 nitrogen and oxygen atoms in total. The standard InChI is InChI=1S/C24H19ClF3N3O2S2/c25-17-8-7-15(24(26,27)28)12-18(17)30-22(32)14-35-21-13-31(19-5-2-1-4-16(19)21)10-9-29-23(33)20-6-3-11-34-20/h1-8,11-13H,9-10,14H2,(H,29,33)(H,30,32). The van der Waals surface area contributed by atoms with Crippen LogP contribution >= 0.6 is 34.7 Å². The molecule has 2 aromatic carbocycles. The number of anilines is 1. The van der Waals surface area contributed by atoms with Crippen molar-refractivity contribution < 1.29 is 22.8 Å². The number of halogens is 4. The van der Waals surface area contributed by atoms with E-state index in [2.05, 4.69) is 10.6 Å². The van der Waals surface area contributed by atoms with Gasteiger partial charge in [0.15, 0.2) is 0 Å². The van der Waals surface area contributed by atoms with Crippen LogP contribution < -0.4 is 10.6 Å². The summed E-state index contributed by atoms with van der Waals surface area (Å²) < 4.78 is 40.9. The summed E-state index contributed by atoms with van der Waals surface area (Å²) in [6, 6.07) is 14.0. The minimum atomic E-state index is -4.54. The lowest BCUT2D eigenvalue weighted by molar-refractivity contribution is -0.137. The molecule has 0 aliphatic carbocycles. The summed E-state index contributed by atoms with van der Waals surface area (Å²) in [6.45, 7) is 0.957. The lowest BCUT2D eigenvalue weighted by atomic mass is 10.2. The Balaban J connectivity index is 1.40. The van der Waals surface area contributed by atoms with E-state index >= 15 is 0 Å². The second kappa shape index (κ2) is 10.8. The Kier molecular flexibility index (Phi) is 7.73. The van der Waals surface area contributed by atoms with Crippen molar-refractivity contribution in [3.8, 4) is 0 Å². The van der Waals surface area contributed by atoms with Gasteiger partial charge in [0.25, 0.3) is 5.91 Å². The molecule has 11 heteroatoms. The average Bonchev–Trinajstić information content (AvgIpc) is 3.47. The number of hydrogen-bond donors (Lipinski definition) is 2. The van der Waals surface area contributed by atoms with Crippen molar-refractivity contribution in [3.63, 3.8) is 0 Å². The fourth-order valence-corrected chi connectivity index (χ4v) is 5.12. The van der Waals surface area contributed by atoms with E-state index in [1.54, 1.807) is 6.07 Å². The number of aromatic nitrogens is 1. The molecule has 4 rings (SSSR count). The predicted molar refractivity (Wildman–Crippen MR) is 134 cm³/mol. The Labute approximate surface area is 212 Å². The minimum Gasteiger partial charge on any atom is -0.350 e. The van der Waals surface area contributed by atoms with Gasteiger partial charge in [0.1, 0.15) is 0 Å². The maximum Gasteiger partial charge on any atom is 0.416 e. The van der Waals surface area contributed by atoms with Crippen molar-refractivity contribution in [3.05, 3.63) is 81.6 Å². The molecule has 0 saturated carbocycles. The number of nitrogens with one attached hydrogen (secondary N) is 2. The summed E-state index contributed by atoms with van der Waals surface area (Å²) in [6.07, 6.45) is -2.64. The van der Waals surface area contributed by atoms with Gasteiger partial charge in [-0.2, -0.15) is 13.2 Å². The predicted octanol–water partition coefficient (Wildman–Crippen LogP) is 6.54. The maximum atomic E-state index is 13.0. The Morgan fingerprint density at radius 2 is 1.89 bits per heavy atom. The van der Waals surface area contributed by atoms with Crippen LogP contribution in [0.1, 0.15) is 15.2 Å². The third-order valence-corrected chi connectivity index (χ3v) is 7.30. The number of carbonyl (C=O) groups excluding carboxylic acids is 2. The summed E-state index contributed by atoms with van der Waals surface area (Å²) in [7, 11) is 0. The van der Waals surface area contributed by atoms with Crippen LogP contribution in [0, 0.1) is 0 Å². The first kappa shape index (κ1) is 25.2. The van der Waals surface area contributed by atoms with Gasteiger partial charge >= 0.3 is 6.18 Å². The molecule has 0 atom stereocenters. The van der Waals surface area contributed by atoms with E-state index in [1.165, 1.54) is 23.1 Å². The van der Waals surface area contributed by atoms with Crippen molar-refractivity contribution >= 4 is 63.1 Å². The molecule has 2 amide bonds. The summed E-state index contributed by atoms with van der Waals surface area (Å²) in [5.41, 5.74) is -0.0307. The van der Waals surface area contributed by atoms with Crippen LogP contribution in [0.3, 0.4) is 0 Å². The highest BCUT2D eigenvalue weighted by molar-refractivity contribution is 8.00. The second-order valence-corrected chi connectivity index (χ2v) is 9.84. The van der Waals surface area contributed by atoms with Gasteiger partial charge in [-0.1, -0.05) is 35.9 Å². The van der Waals surface area contributed by atoms with E-state index < -0.39 is 17.6 Å². The van der Waals surface area contributed by atoms with Gasteiger partial charge in [-0.05, 0) is 35.7 Å². The summed E-state index contributed by atoms with van der Waals surface area (Å²) in [5, 5.41) is 8.16. The zero-order chi connectivity index (χ0) is 25.0. The van der Waals surface area contributed by atoms with Crippen molar-refractivity contribution in [2.45, 2.75) is 17.6 Å². The van der Waals surface area contributed by atoms with E-state index in [4.69, 9.17) is 11.6 Å². The number of thiophene rings is 1. The van der Waals surface area contributed by atoms with Crippen molar-refractivity contribution in [2.75, 3.05) is 17.6 Å². The van der Waals surface area contributed by atoms with Gasteiger partial charge in [-0.3, -0.25) is 9.59 Å². The summed E-state index contributed by atoms with van der Waals surface area (Å²) in [5.74, 6) is -0.623. The van der Waals surface area contributed by atoms with Crippen LogP contribution in [-0.4, -0.2) is 28.7 Å². The molecule has 2 N–H and O–H groups in total. The largest absolute Gasteiger partial charge is 0.416 e. The fourth-order valence-electron chi connectivity index (χ4n) is 3.42. The van der Waals surface area contributed by atoms with E-state index in [-0.39, 0.29) is 22.4 Å². The second-order valence-electron chi connectivity index (χ2n) is 7.47. The highest BCUT2D eigenvalue weighted by Gasteiger charge is 2.31. The lowest BCUT2D eigenvalue weighted by Crippen LogP contribution is -2.26. The van der Waals surface area contributed by atoms with Gasteiger partial charge < -0.3 is 15.2 Å². The number of benzene rings is 2. The van der Waals surface area contributed by atoms with Crippen molar-refractivity contribution in [1.82, 2.24) is 9.88 Å². The van der Waals surface area contributed by atoms with E-state index in [0.717, 1.165) is 34.0 Å². The highest BCUT2D eigenvalue weighted by atomic mass is 35.5. The number of alkyl halides is 3. The first-order valence-electron chi connectivity index (χ1n) is 10.4. The van der Waals surface area contributed by atoms with Crippen molar-refractivity contribution in [2.24, 2.45) is 0 Å². The third-order valence-electron chi connectivity index (χ3n) is 5.06. The molecule has 0 bridgehead atoms. The zero-order valence-electron chi connectivity index (χ0n) is 18.1. The van der Waals surface area contributed by atoms with E-state index in [9.17, 15) is 22.8 Å². The van der Waals surface area contributed by atoms with Gasteiger partial charge in [-0.15, -0.1) is 23.1 Å². The number of fused-ring (bicyclic) bond motifs is 1. The number of thioether (sulfide) groups is 1. The number of nitrogens with zero attached hydrogens (tertiary/aromatic N) is 1. The van der Waals surface area contributed by atoms with Gasteiger partial charge in [0, 0.05) is 35.1 Å². The molecule has 0 aliphatic heterocycles. The van der Waals surface area contributed by atoms with Crippen molar-refractivity contribution in [1.29, 1.82) is 0 Å². The van der Waals surface area contributed by atoms with E-state index in [0.29, 0.717) is 18.0 Å². The molecule has 0 spiro atoms. The molecule has 4 aromatic rings. The van der Waals surface area contributed by atoms with E-state index in [1.807, 2.05) is 46.5 Å². The van der Waals surface area contributed by atoms with Gasteiger partial charge in [0.2, 0.25) is 5.91 Å². The van der Waals surface area contributed by atoms with Crippen LogP contribution in [0.25, 0.3) is 10.9 Å². The molecule has 0 fully saturated rings. The molecular weight excluding hydrogens is 519 g/mol. The number of carbonyl (C=O) groups is 2. The lowest BCUT2D eigenvalue weighted by Gasteiger charge is -2.11. The summed E-state index contributed by atoms with van der Waals surface area (Å²) in [4.78, 5) is 26.1. The Morgan fingerprint density at radius 1 is 1.09 bits per heavy atom. The maximum absolute atomic E-state index is 13.0. The number of amides is 2. The van der Waals surface area contributed by atoms with Crippen LogP contribution in [0.5, 0.6) is 0 Å². The van der Waals surface area contributed by atoms with Gasteiger partial charge in [0.05, 0.1) is 26.9 Å². The Morgan fingerprint density at radius 3 is 2.63 bits per heavy atom. The molecule has 35 heavy (non-hydrogen) atoms. The van der Waals surface area contributed by atoms with Gasteiger partial charge in [-0.25, -0.2) is 0 Å². The number of para-hydroxylation sites is 1. The monoisotopic (exact) mass is 537 g/mol. The summed E-state index contributed by atoms with van der Waals surface area (Å²) >= 11 is 8.61. The first-order chi connectivity index (χ1) is 16.7. The van der Waals surface area contributed by atoms with Crippen LogP contribution in [0.2, 0.25) is 5.02 Å². The average molecular weight is 538 g/mol. The number of rotatable bonds is 8. The molecule has 0 saturated heterocycles. The SMILES string of the molecule is O=C(CSc1cn(CCNC(=O)c2cccs2)c2ccccc12)Nc1cc(C(F)(F)F)ccc1Cl. The van der Waals surface area contributed by atoms with Crippen LogP contribution in [0.4, 0.5) is 18.9 Å². The zero-order valence-corrected chi connectivity index (χ0v) is 20.5. The smallest absolute Gasteiger partial charge is 0.350 e. The fraction of sp³-hybridized carbons (Fsp3) is 0.167. The Hall–Kier alpha value is -2.95. The number of hydrogen-bond acceptors (Lipinski definition) is 4. The molecule has 0 unspecified atom stereocenters. The first-order valence-corrected chi connectivity index (χ1v) is 12.7. The normalized spacial score (nSPS) is 11.5. The quantitative estimate of drug-likeness (QED) is 0.251. The molecule has 182 valence electrons. The molecule has 2 aromatic heterocycles. The highest BCUT2D eigenvalue weighted by Crippen LogP contribution is 2.34.